The van der Waals surface area contributed by atoms with Gasteiger partial charge in [0.25, 0.3) is 0 Å². The van der Waals surface area contributed by atoms with E-state index in [9.17, 15) is 9.59 Å². The maximum atomic E-state index is 11.7. The molecule has 0 bridgehead atoms. The van der Waals surface area contributed by atoms with E-state index in [-0.39, 0.29) is 12.5 Å². The van der Waals surface area contributed by atoms with E-state index in [2.05, 4.69) is 5.32 Å². The van der Waals surface area contributed by atoms with Crippen LogP contribution in [0.3, 0.4) is 0 Å². The lowest BCUT2D eigenvalue weighted by atomic mass is 10.2. The third-order valence-electron chi connectivity index (χ3n) is 2.75. The molecule has 0 saturated carbocycles. The largest absolute Gasteiger partial charge is 0.481 e. The van der Waals surface area contributed by atoms with Crippen molar-refractivity contribution in [2.24, 2.45) is 5.92 Å². The van der Waals surface area contributed by atoms with E-state index < -0.39 is 11.9 Å². The molecule has 5 heteroatoms. The van der Waals surface area contributed by atoms with Crippen molar-refractivity contribution in [3.8, 4) is 0 Å². The number of carbonyl (C=O) groups excluding carboxylic acids is 1. The van der Waals surface area contributed by atoms with Crippen LogP contribution in [0.1, 0.15) is 12.5 Å². The minimum Gasteiger partial charge on any atom is -0.481 e. The predicted molar refractivity (Wildman–Crippen MR) is 72.6 cm³/mol. The molecule has 1 unspecified atom stereocenters. The van der Waals surface area contributed by atoms with Crippen LogP contribution in [0.4, 0.5) is 0 Å². The fourth-order valence-electron chi connectivity index (χ4n) is 1.71. The molecular weight excluding hydrogens is 244 g/mol. The summed E-state index contributed by atoms with van der Waals surface area (Å²) in [5.74, 6) is -1.44. The summed E-state index contributed by atoms with van der Waals surface area (Å²) in [5, 5.41) is 11.6. The molecule has 0 fully saturated rings. The van der Waals surface area contributed by atoms with Crippen molar-refractivity contribution in [3.63, 3.8) is 0 Å². The number of aliphatic carboxylic acids is 1. The molecule has 5 nitrogen and oxygen atoms in total. The van der Waals surface area contributed by atoms with Gasteiger partial charge in [-0.25, -0.2) is 0 Å². The van der Waals surface area contributed by atoms with Crippen LogP contribution in [0.2, 0.25) is 0 Å². The van der Waals surface area contributed by atoms with Crippen LogP contribution in [0.25, 0.3) is 0 Å². The number of nitrogens with zero attached hydrogens (tertiary/aromatic N) is 1. The summed E-state index contributed by atoms with van der Waals surface area (Å²) in [7, 11) is 1.74. The standard InChI is InChI=1S/C14H20N2O3/c1-11(14(18)19)9-16(2)10-13(17)15-8-12-6-4-3-5-7-12/h3-7,11H,8-10H2,1-2H3,(H,15,17)(H,18,19). The first-order valence-electron chi connectivity index (χ1n) is 6.21. The van der Waals surface area contributed by atoms with Gasteiger partial charge in [-0.2, -0.15) is 0 Å². The van der Waals surface area contributed by atoms with E-state index in [4.69, 9.17) is 5.11 Å². The summed E-state index contributed by atoms with van der Waals surface area (Å²) in [6.07, 6.45) is 0. The smallest absolute Gasteiger partial charge is 0.307 e. The summed E-state index contributed by atoms with van der Waals surface area (Å²) in [5.41, 5.74) is 1.04. The molecule has 0 spiro atoms. The number of carboxylic acid groups (broad SMARTS) is 1. The topological polar surface area (TPSA) is 69.6 Å². The zero-order chi connectivity index (χ0) is 14.3. The zero-order valence-electron chi connectivity index (χ0n) is 11.3. The second kappa shape index (κ2) is 7.53. The summed E-state index contributed by atoms with van der Waals surface area (Å²) in [6.45, 7) is 2.67. The highest BCUT2D eigenvalue weighted by molar-refractivity contribution is 5.78. The molecule has 19 heavy (non-hydrogen) atoms. The normalized spacial score (nSPS) is 12.2. The van der Waals surface area contributed by atoms with Crippen molar-refractivity contribution in [2.75, 3.05) is 20.1 Å². The van der Waals surface area contributed by atoms with Crippen molar-refractivity contribution >= 4 is 11.9 Å². The van der Waals surface area contributed by atoms with Crippen LogP contribution in [0.15, 0.2) is 30.3 Å². The van der Waals surface area contributed by atoms with Gasteiger partial charge < -0.3 is 10.4 Å². The Kier molecular flexibility index (Phi) is 6.02. The molecule has 1 aromatic carbocycles. The lowest BCUT2D eigenvalue weighted by Crippen LogP contribution is -2.38. The maximum Gasteiger partial charge on any atom is 0.307 e. The van der Waals surface area contributed by atoms with E-state index >= 15 is 0 Å². The Morgan fingerprint density at radius 3 is 2.53 bits per heavy atom. The zero-order valence-corrected chi connectivity index (χ0v) is 11.3. The third-order valence-corrected chi connectivity index (χ3v) is 2.75. The molecule has 0 aliphatic heterocycles. The highest BCUT2D eigenvalue weighted by atomic mass is 16.4. The number of carboxylic acids is 1. The Hall–Kier alpha value is -1.88. The van der Waals surface area contributed by atoms with Gasteiger partial charge >= 0.3 is 5.97 Å². The van der Waals surface area contributed by atoms with Crippen molar-refractivity contribution in [3.05, 3.63) is 35.9 Å². The van der Waals surface area contributed by atoms with Crippen molar-refractivity contribution < 1.29 is 14.7 Å². The minimum absolute atomic E-state index is 0.107. The van der Waals surface area contributed by atoms with E-state index in [1.165, 1.54) is 0 Å². The van der Waals surface area contributed by atoms with Crippen LogP contribution in [0.5, 0.6) is 0 Å². The first-order valence-corrected chi connectivity index (χ1v) is 6.21. The van der Waals surface area contributed by atoms with Gasteiger partial charge in [0.2, 0.25) is 5.91 Å². The maximum absolute atomic E-state index is 11.7. The Bertz CT molecular complexity index is 420. The van der Waals surface area contributed by atoms with Crippen molar-refractivity contribution in [1.29, 1.82) is 0 Å². The number of carbonyl (C=O) groups is 2. The summed E-state index contributed by atoms with van der Waals surface area (Å²) >= 11 is 0. The highest BCUT2D eigenvalue weighted by Crippen LogP contribution is 1.99. The number of hydrogen-bond donors (Lipinski definition) is 2. The summed E-state index contributed by atoms with van der Waals surface area (Å²) < 4.78 is 0. The molecule has 1 rings (SSSR count). The summed E-state index contributed by atoms with van der Waals surface area (Å²) in [6, 6.07) is 9.64. The molecule has 1 atom stereocenters. The lowest BCUT2D eigenvalue weighted by Gasteiger charge is -2.18. The van der Waals surface area contributed by atoms with Gasteiger partial charge in [-0.15, -0.1) is 0 Å². The van der Waals surface area contributed by atoms with Gasteiger partial charge in [-0.1, -0.05) is 37.3 Å². The van der Waals surface area contributed by atoms with E-state index in [0.29, 0.717) is 13.1 Å². The molecule has 0 aliphatic rings. The Labute approximate surface area is 113 Å². The van der Waals surface area contributed by atoms with Gasteiger partial charge in [0.05, 0.1) is 12.5 Å². The van der Waals surface area contributed by atoms with Gasteiger partial charge in [0, 0.05) is 13.1 Å². The Morgan fingerprint density at radius 2 is 1.95 bits per heavy atom. The van der Waals surface area contributed by atoms with Gasteiger partial charge in [0.1, 0.15) is 0 Å². The monoisotopic (exact) mass is 264 g/mol. The predicted octanol–water partition coefficient (Wildman–Crippen LogP) is 0.955. The third kappa shape index (κ3) is 6.01. The molecule has 1 aromatic rings. The first-order chi connectivity index (χ1) is 8.99. The average Bonchev–Trinajstić information content (AvgIpc) is 2.37. The van der Waals surface area contributed by atoms with Crippen LogP contribution in [-0.4, -0.2) is 42.0 Å². The molecule has 2 N–H and O–H groups in total. The highest BCUT2D eigenvalue weighted by Gasteiger charge is 2.15. The van der Waals surface area contributed by atoms with Crippen LogP contribution < -0.4 is 5.32 Å². The second-order valence-electron chi connectivity index (χ2n) is 4.70. The van der Waals surface area contributed by atoms with E-state index in [1.807, 2.05) is 30.3 Å². The molecule has 0 radical (unpaired) electrons. The van der Waals surface area contributed by atoms with Gasteiger partial charge in [-0.05, 0) is 12.6 Å². The molecule has 0 heterocycles. The van der Waals surface area contributed by atoms with Crippen molar-refractivity contribution in [2.45, 2.75) is 13.5 Å². The minimum atomic E-state index is -0.850. The average molecular weight is 264 g/mol. The van der Waals surface area contributed by atoms with Crippen LogP contribution >= 0.6 is 0 Å². The lowest BCUT2D eigenvalue weighted by molar-refractivity contribution is -0.142. The first kappa shape index (κ1) is 15.2. The number of likely N-dealkylation sites (N-methyl/N-ethyl adjacent to an activating group) is 1. The number of benzene rings is 1. The fraction of sp³-hybridized carbons (Fsp3) is 0.429. The van der Waals surface area contributed by atoms with Gasteiger partial charge in [0.15, 0.2) is 0 Å². The number of nitrogens with one attached hydrogen (secondary N) is 1. The Balaban J connectivity index is 2.29. The number of rotatable bonds is 7. The van der Waals surface area contributed by atoms with E-state index in [1.54, 1.807) is 18.9 Å². The molecule has 0 aliphatic carbocycles. The molecule has 1 amide bonds. The molecular formula is C14H20N2O3. The Morgan fingerprint density at radius 1 is 1.32 bits per heavy atom. The SMILES string of the molecule is CC(CN(C)CC(=O)NCc1ccccc1)C(=O)O. The van der Waals surface area contributed by atoms with Crippen LogP contribution in [0, 0.1) is 5.92 Å². The quantitative estimate of drug-likeness (QED) is 0.769. The molecule has 104 valence electrons. The number of amides is 1. The fourth-order valence-corrected chi connectivity index (χ4v) is 1.71. The van der Waals surface area contributed by atoms with E-state index in [0.717, 1.165) is 5.56 Å². The molecule has 0 saturated heterocycles. The van der Waals surface area contributed by atoms with Crippen molar-refractivity contribution in [1.82, 2.24) is 10.2 Å². The van der Waals surface area contributed by atoms with Crippen LogP contribution in [-0.2, 0) is 16.1 Å². The molecule has 0 aromatic heterocycles. The number of hydrogen-bond acceptors (Lipinski definition) is 3. The summed E-state index contributed by atoms with van der Waals surface area (Å²) in [4.78, 5) is 24.1. The van der Waals surface area contributed by atoms with Gasteiger partial charge in [-0.3, -0.25) is 14.5 Å². The second-order valence-corrected chi connectivity index (χ2v) is 4.70.